The van der Waals surface area contributed by atoms with Gasteiger partial charge in [-0.2, -0.15) is 4.57 Å². The number of aryl methyl sites for hydroxylation is 1. The van der Waals surface area contributed by atoms with Gasteiger partial charge >= 0.3 is 0 Å². The molecule has 0 saturated carbocycles. The van der Waals surface area contributed by atoms with Crippen molar-refractivity contribution in [3.8, 4) is 0 Å². The van der Waals surface area contributed by atoms with Gasteiger partial charge in [0.1, 0.15) is 11.7 Å². The molecule has 0 atom stereocenters. The fourth-order valence-electron chi connectivity index (χ4n) is 3.15. The normalized spacial score (nSPS) is 11.8. The van der Waals surface area contributed by atoms with Gasteiger partial charge in [-0.15, -0.1) is 0 Å². The lowest BCUT2D eigenvalue weighted by molar-refractivity contribution is -0.649. The van der Waals surface area contributed by atoms with Gasteiger partial charge < -0.3 is 0 Å². The maximum absolute atomic E-state index is 7.38. The number of nitrogens with zero attached hydrogens (tertiary/aromatic N) is 1. The van der Waals surface area contributed by atoms with Crippen molar-refractivity contribution in [1.29, 1.82) is 0 Å². The highest BCUT2D eigenvalue weighted by Gasteiger charge is 2.43. The Kier molecular flexibility index (Phi) is 3.87. The molecule has 0 spiro atoms. The van der Waals surface area contributed by atoms with Crippen LogP contribution in [0, 0.1) is 0 Å². The molecule has 0 radical (unpaired) electrons. The second-order valence-electron chi connectivity index (χ2n) is 5.82. The summed E-state index contributed by atoms with van der Waals surface area (Å²) in [7, 11) is 2.09. The summed E-state index contributed by atoms with van der Waals surface area (Å²) in [5, 5.41) is 1.11. The predicted octanol–water partition coefficient (Wildman–Crippen LogP) is 5.26. The Balaban J connectivity index is 2.05. The van der Waals surface area contributed by atoms with Crippen molar-refractivity contribution < 1.29 is 4.57 Å². The molecular weight excluding hydrogens is 334 g/mol. The number of benzene rings is 3. The van der Waals surface area contributed by atoms with Crippen LogP contribution in [-0.4, -0.2) is 0 Å². The van der Waals surface area contributed by atoms with Gasteiger partial charge in [-0.05, 0) is 17.2 Å². The lowest BCUT2D eigenvalue weighted by Gasteiger charge is -2.24. The van der Waals surface area contributed by atoms with Gasteiger partial charge in [-0.3, -0.25) is 0 Å². The number of halogens is 1. The molecule has 0 bridgehead atoms. The molecule has 3 aromatic carbocycles. The zero-order valence-corrected chi connectivity index (χ0v) is 14.9. The highest BCUT2D eigenvalue weighted by molar-refractivity contribution is 7.18. The predicted molar refractivity (Wildman–Crippen MR) is 102 cm³/mol. The van der Waals surface area contributed by atoms with Gasteiger partial charge in [0, 0.05) is 6.07 Å². The van der Waals surface area contributed by atoms with E-state index in [9.17, 15) is 0 Å². The summed E-state index contributed by atoms with van der Waals surface area (Å²) in [6.07, 6.45) is 0. The average Bonchev–Trinajstić information content (AvgIpc) is 3.00. The van der Waals surface area contributed by atoms with E-state index in [1.807, 2.05) is 36.4 Å². The van der Waals surface area contributed by atoms with E-state index in [2.05, 4.69) is 60.1 Å². The Hall–Kier alpha value is -2.16. The Morgan fingerprint density at radius 3 is 1.79 bits per heavy atom. The van der Waals surface area contributed by atoms with E-state index in [-0.39, 0.29) is 0 Å². The summed E-state index contributed by atoms with van der Waals surface area (Å²) in [5.41, 5.74) is 3.37. The Bertz CT molecular complexity index is 937. The maximum Gasteiger partial charge on any atom is 0.268 e. The standard InChI is InChI=1S/C21H17ClNS/c1-23-18-14-8-9-15-19(18)24-20(23)21(22,16-10-4-2-5-11-16)17-12-6-3-7-13-17/h2-15H,1H3/q+1. The van der Waals surface area contributed by atoms with Crippen LogP contribution in [0.5, 0.6) is 0 Å². The molecule has 0 saturated heterocycles. The number of para-hydroxylation sites is 1. The van der Waals surface area contributed by atoms with Crippen LogP contribution in [0.2, 0.25) is 0 Å². The van der Waals surface area contributed by atoms with Crippen LogP contribution >= 0.6 is 22.9 Å². The van der Waals surface area contributed by atoms with Crippen LogP contribution in [-0.2, 0) is 11.9 Å². The first-order valence-electron chi connectivity index (χ1n) is 7.89. The molecule has 118 valence electrons. The maximum atomic E-state index is 7.38. The first kappa shape index (κ1) is 15.4. The number of hydrogen-bond acceptors (Lipinski definition) is 1. The van der Waals surface area contributed by atoms with E-state index < -0.39 is 4.87 Å². The SMILES string of the molecule is C[n+]1c(C(Cl)(c2ccccc2)c2ccccc2)sc2ccccc21. The number of thiazole rings is 1. The average molecular weight is 351 g/mol. The first-order valence-corrected chi connectivity index (χ1v) is 9.08. The molecule has 0 amide bonds. The first-order chi connectivity index (χ1) is 11.7. The van der Waals surface area contributed by atoms with Crippen molar-refractivity contribution in [3.63, 3.8) is 0 Å². The van der Waals surface area contributed by atoms with Crippen molar-refractivity contribution in [3.05, 3.63) is 101 Å². The van der Waals surface area contributed by atoms with Crippen molar-refractivity contribution in [2.24, 2.45) is 7.05 Å². The number of fused-ring (bicyclic) bond motifs is 1. The van der Waals surface area contributed by atoms with Gasteiger partial charge in [0.25, 0.3) is 5.01 Å². The lowest BCUT2D eigenvalue weighted by Crippen LogP contribution is -2.39. The smallest absolute Gasteiger partial charge is 0.186 e. The molecule has 0 aliphatic heterocycles. The van der Waals surface area contributed by atoms with Gasteiger partial charge in [0.2, 0.25) is 5.52 Å². The van der Waals surface area contributed by atoms with Gasteiger partial charge in [0.05, 0.1) is 0 Å². The number of alkyl halides is 1. The van der Waals surface area contributed by atoms with Crippen LogP contribution < -0.4 is 4.57 Å². The molecule has 1 heterocycles. The van der Waals surface area contributed by atoms with E-state index in [1.54, 1.807) is 11.3 Å². The summed E-state index contributed by atoms with van der Waals surface area (Å²) in [4.78, 5) is -0.707. The lowest BCUT2D eigenvalue weighted by atomic mass is 9.90. The van der Waals surface area contributed by atoms with E-state index in [0.717, 1.165) is 16.1 Å². The zero-order chi connectivity index (χ0) is 16.6. The van der Waals surface area contributed by atoms with Crippen LogP contribution in [0.1, 0.15) is 16.1 Å². The van der Waals surface area contributed by atoms with Crippen molar-refractivity contribution in [2.45, 2.75) is 4.87 Å². The quantitative estimate of drug-likeness (QED) is 0.350. The summed E-state index contributed by atoms with van der Waals surface area (Å²) >= 11 is 9.13. The largest absolute Gasteiger partial charge is 0.268 e. The molecule has 0 unspecified atom stereocenters. The Morgan fingerprint density at radius 1 is 0.750 bits per heavy atom. The number of aromatic nitrogens is 1. The second kappa shape index (κ2) is 6.04. The molecule has 4 rings (SSSR count). The monoisotopic (exact) mass is 350 g/mol. The Morgan fingerprint density at radius 2 is 1.25 bits per heavy atom. The van der Waals surface area contributed by atoms with Gasteiger partial charge in [-0.25, -0.2) is 0 Å². The molecule has 3 heteroatoms. The van der Waals surface area contributed by atoms with Crippen molar-refractivity contribution in [2.75, 3.05) is 0 Å². The van der Waals surface area contributed by atoms with Crippen LogP contribution in [0.3, 0.4) is 0 Å². The molecule has 0 N–H and O–H groups in total. The summed E-state index contributed by atoms with van der Waals surface area (Å²) in [5.74, 6) is 0. The van der Waals surface area contributed by atoms with E-state index in [1.165, 1.54) is 10.2 Å². The van der Waals surface area contributed by atoms with Gasteiger partial charge in [-0.1, -0.05) is 95.7 Å². The van der Waals surface area contributed by atoms with E-state index >= 15 is 0 Å². The molecular formula is C21H17ClNS+. The molecule has 1 nitrogen and oxygen atoms in total. The van der Waals surface area contributed by atoms with Gasteiger partial charge in [0.15, 0.2) is 4.87 Å². The third kappa shape index (κ3) is 2.34. The van der Waals surface area contributed by atoms with Crippen LogP contribution in [0.15, 0.2) is 84.9 Å². The van der Waals surface area contributed by atoms with E-state index in [0.29, 0.717) is 0 Å². The summed E-state index contributed by atoms with van der Waals surface area (Å²) in [6.45, 7) is 0. The summed E-state index contributed by atoms with van der Waals surface area (Å²) in [6, 6.07) is 29.1. The summed E-state index contributed by atoms with van der Waals surface area (Å²) < 4.78 is 3.46. The topological polar surface area (TPSA) is 3.88 Å². The van der Waals surface area contributed by atoms with Crippen LogP contribution in [0.4, 0.5) is 0 Å². The third-order valence-corrected chi connectivity index (χ3v) is 6.44. The van der Waals surface area contributed by atoms with Crippen molar-refractivity contribution >= 4 is 33.2 Å². The minimum atomic E-state index is -0.707. The number of rotatable bonds is 3. The highest BCUT2D eigenvalue weighted by atomic mass is 35.5. The molecule has 1 aromatic heterocycles. The second-order valence-corrected chi connectivity index (χ2v) is 7.42. The van der Waals surface area contributed by atoms with E-state index in [4.69, 9.17) is 11.6 Å². The van der Waals surface area contributed by atoms with Crippen molar-refractivity contribution in [1.82, 2.24) is 0 Å². The van der Waals surface area contributed by atoms with Crippen LogP contribution in [0.25, 0.3) is 10.2 Å². The minimum absolute atomic E-state index is 0.707. The molecule has 0 aliphatic carbocycles. The molecule has 4 aromatic rings. The fourth-order valence-corrected chi connectivity index (χ4v) is 4.92. The highest BCUT2D eigenvalue weighted by Crippen LogP contribution is 2.44. The third-order valence-electron chi connectivity index (χ3n) is 4.38. The molecule has 24 heavy (non-hydrogen) atoms. The Labute approximate surface area is 150 Å². The fraction of sp³-hybridized carbons (Fsp3) is 0.0952. The molecule has 0 fully saturated rings. The number of hydrogen-bond donors (Lipinski definition) is 0. The zero-order valence-electron chi connectivity index (χ0n) is 13.3. The molecule has 0 aliphatic rings. The minimum Gasteiger partial charge on any atom is -0.186 e.